The Morgan fingerprint density at radius 2 is 2.31 bits per heavy atom. The van der Waals surface area contributed by atoms with E-state index >= 15 is 0 Å². The molecule has 1 aromatic rings. The molecule has 1 aromatic carbocycles. The van der Waals surface area contributed by atoms with Gasteiger partial charge in [-0.15, -0.1) is 0 Å². The van der Waals surface area contributed by atoms with E-state index in [0.29, 0.717) is 0 Å². The third kappa shape index (κ3) is 2.36. The summed E-state index contributed by atoms with van der Waals surface area (Å²) in [6, 6.07) is 6.24. The molecule has 2 rings (SSSR count). The van der Waals surface area contributed by atoms with Crippen molar-refractivity contribution in [1.29, 1.82) is 0 Å². The van der Waals surface area contributed by atoms with Crippen molar-refractivity contribution in [3.05, 3.63) is 29.3 Å². The van der Waals surface area contributed by atoms with Gasteiger partial charge in [-0.05, 0) is 19.9 Å². The highest BCUT2D eigenvalue weighted by Crippen LogP contribution is 2.24. The molecule has 88 valence electrons. The third-order valence-corrected chi connectivity index (χ3v) is 2.99. The number of rotatable bonds is 2. The topological polar surface area (TPSA) is 32.7 Å². The van der Waals surface area contributed by atoms with Crippen LogP contribution in [0, 0.1) is 6.92 Å². The van der Waals surface area contributed by atoms with Crippen LogP contribution in [-0.4, -0.2) is 30.9 Å². The van der Waals surface area contributed by atoms with Crippen LogP contribution in [0.5, 0.6) is 0 Å². The van der Waals surface area contributed by atoms with Crippen molar-refractivity contribution in [3.8, 4) is 0 Å². The van der Waals surface area contributed by atoms with Crippen LogP contribution >= 0.6 is 0 Å². The summed E-state index contributed by atoms with van der Waals surface area (Å²) in [6.07, 6.45) is 0.265. The van der Waals surface area contributed by atoms with Crippen molar-refractivity contribution in [2.24, 2.45) is 0 Å². The van der Waals surface area contributed by atoms with E-state index in [1.165, 1.54) is 5.56 Å². The standard InChI is InChI=1S/C13H19NO2/c1-10-3-4-13(12(7-10)9-15)14-5-6-16-11(2)8-14/h3-4,7,11,15H,5-6,8-9H2,1-2H3. The Bertz CT molecular complexity index is 365. The zero-order valence-corrected chi connectivity index (χ0v) is 9.94. The molecule has 1 N–H and O–H groups in total. The maximum Gasteiger partial charge on any atom is 0.0722 e. The second-order valence-electron chi connectivity index (χ2n) is 4.42. The normalized spacial score (nSPS) is 21.2. The Morgan fingerprint density at radius 3 is 3.00 bits per heavy atom. The highest BCUT2D eigenvalue weighted by molar-refractivity contribution is 5.55. The predicted molar refractivity (Wildman–Crippen MR) is 64.7 cm³/mol. The van der Waals surface area contributed by atoms with Gasteiger partial charge in [0.2, 0.25) is 0 Å². The summed E-state index contributed by atoms with van der Waals surface area (Å²) in [5.41, 5.74) is 3.34. The van der Waals surface area contributed by atoms with Crippen molar-refractivity contribution in [1.82, 2.24) is 0 Å². The molecule has 1 saturated heterocycles. The van der Waals surface area contributed by atoms with E-state index in [9.17, 15) is 5.11 Å². The number of morpholine rings is 1. The molecule has 3 heteroatoms. The minimum atomic E-state index is 0.1000. The number of aryl methyl sites for hydroxylation is 1. The van der Waals surface area contributed by atoms with Gasteiger partial charge in [-0.25, -0.2) is 0 Å². The molecule has 16 heavy (non-hydrogen) atoms. The van der Waals surface area contributed by atoms with Gasteiger partial charge in [-0.1, -0.05) is 17.7 Å². The van der Waals surface area contributed by atoms with Crippen LogP contribution in [0.2, 0.25) is 0 Å². The van der Waals surface area contributed by atoms with Gasteiger partial charge in [0.15, 0.2) is 0 Å². The number of ether oxygens (including phenoxy) is 1. The molecule has 1 aliphatic rings. The van der Waals surface area contributed by atoms with Crippen molar-refractivity contribution in [2.45, 2.75) is 26.6 Å². The minimum absolute atomic E-state index is 0.1000. The van der Waals surface area contributed by atoms with Gasteiger partial charge in [-0.2, -0.15) is 0 Å². The first-order chi connectivity index (χ1) is 7.70. The van der Waals surface area contributed by atoms with Gasteiger partial charge in [0, 0.05) is 24.3 Å². The van der Waals surface area contributed by atoms with E-state index in [4.69, 9.17) is 4.74 Å². The van der Waals surface area contributed by atoms with Gasteiger partial charge in [0.25, 0.3) is 0 Å². The van der Waals surface area contributed by atoms with Crippen LogP contribution in [0.15, 0.2) is 18.2 Å². The van der Waals surface area contributed by atoms with Crippen LogP contribution in [0.25, 0.3) is 0 Å². The van der Waals surface area contributed by atoms with Crippen LogP contribution in [0.1, 0.15) is 18.1 Å². The molecule has 1 heterocycles. The molecule has 0 aromatic heterocycles. The molecule has 3 nitrogen and oxygen atoms in total. The number of hydrogen-bond acceptors (Lipinski definition) is 3. The molecule has 0 spiro atoms. The maximum atomic E-state index is 9.38. The summed E-state index contributed by atoms with van der Waals surface area (Å²) in [7, 11) is 0. The second kappa shape index (κ2) is 4.85. The SMILES string of the molecule is Cc1ccc(N2CCOC(C)C2)c(CO)c1. The Labute approximate surface area is 96.6 Å². The molecule has 0 bridgehead atoms. The lowest BCUT2D eigenvalue weighted by Crippen LogP contribution is -2.41. The fraction of sp³-hybridized carbons (Fsp3) is 0.538. The van der Waals surface area contributed by atoms with Crippen LogP contribution in [0.4, 0.5) is 5.69 Å². The fourth-order valence-electron chi connectivity index (χ4n) is 2.19. The lowest BCUT2D eigenvalue weighted by atomic mass is 10.1. The molecule has 0 amide bonds. The van der Waals surface area contributed by atoms with Gasteiger partial charge < -0.3 is 14.7 Å². The summed E-state index contributed by atoms with van der Waals surface area (Å²) >= 11 is 0. The average Bonchev–Trinajstić information content (AvgIpc) is 2.28. The first-order valence-corrected chi connectivity index (χ1v) is 5.77. The van der Waals surface area contributed by atoms with Crippen molar-refractivity contribution >= 4 is 5.69 Å². The Morgan fingerprint density at radius 1 is 1.50 bits per heavy atom. The zero-order valence-electron chi connectivity index (χ0n) is 9.94. The fourth-order valence-corrected chi connectivity index (χ4v) is 2.19. The summed E-state index contributed by atoms with van der Waals surface area (Å²) in [5, 5.41) is 9.38. The van der Waals surface area contributed by atoms with E-state index in [1.807, 2.05) is 6.92 Å². The molecular weight excluding hydrogens is 202 g/mol. The molecule has 1 aliphatic heterocycles. The van der Waals surface area contributed by atoms with Crippen LogP contribution in [-0.2, 0) is 11.3 Å². The third-order valence-electron chi connectivity index (χ3n) is 2.99. The number of aliphatic hydroxyl groups excluding tert-OH is 1. The summed E-state index contributed by atoms with van der Waals surface area (Å²) in [5.74, 6) is 0. The number of nitrogens with zero attached hydrogens (tertiary/aromatic N) is 1. The van der Waals surface area contributed by atoms with Gasteiger partial charge in [0.05, 0.1) is 19.3 Å². The van der Waals surface area contributed by atoms with Gasteiger partial charge in [-0.3, -0.25) is 0 Å². The smallest absolute Gasteiger partial charge is 0.0722 e. The molecule has 0 aliphatic carbocycles. The monoisotopic (exact) mass is 221 g/mol. The molecule has 1 unspecified atom stereocenters. The maximum absolute atomic E-state index is 9.38. The Balaban J connectivity index is 2.24. The predicted octanol–water partition coefficient (Wildman–Crippen LogP) is 1.71. The van der Waals surface area contributed by atoms with E-state index in [-0.39, 0.29) is 12.7 Å². The average molecular weight is 221 g/mol. The number of hydrogen-bond donors (Lipinski definition) is 1. The van der Waals surface area contributed by atoms with Gasteiger partial charge >= 0.3 is 0 Å². The Hall–Kier alpha value is -1.06. The quantitative estimate of drug-likeness (QED) is 0.825. The van der Waals surface area contributed by atoms with E-state index in [1.54, 1.807) is 0 Å². The first-order valence-electron chi connectivity index (χ1n) is 5.77. The first kappa shape index (κ1) is 11.4. The molecule has 1 fully saturated rings. The summed E-state index contributed by atoms with van der Waals surface area (Å²) in [6.45, 7) is 6.79. The summed E-state index contributed by atoms with van der Waals surface area (Å²) < 4.78 is 5.52. The number of anilines is 1. The van der Waals surface area contributed by atoms with Crippen molar-refractivity contribution in [3.63, 3.8) is 0 Å². The molecule has 0 saturated carbocycles. The number of benzene rings is 1. The van der Waals surface area contributed by atoms with Crippen molar-refractivity contribution < 1.29 is 9.84 Å². The second-order valence-corrected chi connectivity index (χ2v) is 4.42. The molecule has 0 radical (unpaired) electrons. The van der Waals surface area contributed by atoms with E-state index in [0.717, 1.165) is 30.9 Å². The number of aliphatic hydroxyl groups is 1. The van der Waals surface area contributed by atoms with Crippen LogP contribution < -0.4 is 4.90 Å². The highest BCUT2D eigenvalue weighted by Gasteiger charge is 2.18. The minimum Gasteiger partial charge on any atom is -0.392 e. The summed E-state index contributed by atoms with van der Waals surface area (Å²) in [4.78, 5) is 2.29. The van der Waals surface area contributed by atoms with E-state index < -0.39 is 0 Å². The molecular formula is C13H19NO2. The largest absolute Gasteiger partial charge is 0.392 e. The molecule has 1 atom stereocenters. The Kier molecular flexibility index (Phi) is 3.46. The lowest BCUT2D eigenvalue weighted by Gasteiger charge is -2.34. The lowest BCUT2D eigenvalue weighted by molar-refractivity contribution is 0.0531. The highest BCUT2D eigenvalue weighted by atomic mass is 16.5. The van der Waals surface area contributed by atoms with Crippen LogP contribution in [0.3, 0.4) is 0 Å². The van der Waals surface area contributed by atoms with Crippen molar-refractivity contribution in [2.75, 3.05) is 24.6 Å². The van der Waals surface area contributed by atoms with Gasteiger partial charge in [0.1, 0.15) is 0 Å². The zero-order chi connectivity index (χ0) is 11.5. The van der Waals surface area contributed by atoms with E-state index in [2.05, 4.69) is 30.0 Å².